The summed E-state index contributed by atoms with van der Waals surface area (Å²) in [4.78, 5) is 13.6. The van der Waals surface area contributed by atoms with E-state index >= 15 is 0 Å². The van der Waals surface area contributed by atoms with Crippen LogP contribution in [0.4, 0.5) is 0 Å². The highest BCUT2D eigenvalue weighted by molar-refractivity contribution is 5.84. The average Bonchev–Trinajstić information content (AvgIpc) is 2.93. The molecule has 4 rings (SSSR count). The Kier molecular flexibility index (Phi) is 8.07. The Labute approximate surface area is 209 Å². The van der Waals surface area contributed by atoms with Gasteiger partial charge in [-0.3, -0.25) is 10.1 Å². The number of carbonyl (C=O) groups is 1. The number of nitrogens with one attached hydrogen (secondary N) is 1. The van der Waals surface area contributed by atoms with Crippen LogP contribution in [0.15, 0.2) is 134 Å². The molecule has 2 nitrogen and oxygen atoms in total. The highest BCUT2D eigenvalue weighted by Crippen LogP contribution is 2.37. The van der Waals surface area contributed by atoms with Gasteiger partial charge in [-0.1, -0.05) is 127 Å². The Morgan fingerprint density at radius 3 is 1.54 bits per heavy atom. The van der Waals surface area contributed by atoms with E-state index in [1.54, 1.807) is 0 Å². The first-order chi connectivity index (χ1) is 17.1. The van der Waals surface area contributed by atoms with Crippen LogP contribution in [0.1, 0.15) is 35.6 Å². The first-order valence-electron chi connectivity index (χ1n) is 12.3. The summed E-state index contributed by atoms with van der Waals surface area (Å²) in [5.41, 5.74) is 3.85. The van der Waals surface area contributed by atoms with Gasteiger partial charge in [-0.2, -0.15) is 0 Å². The predicted octanol–water partition coefficient (Wildman–Crippen LogP) is 6.96. The van der Waals surface area contributed by atoms with Crippen molar-refractivity contribution in [2.45, 2.75) is 31.3 Å². The van der Waals surface area contributed by atoms with Crippen LogP contribution in [0.3, 0.4) is 0 Å². The number of allylic oxidation sites excluding steroid dienone is 1. The summed E-state index contributed by atoms with van der Waals surface area (Å²) in [6.45, 7) is 6.00. The Bertz CT molecular complexity index is 1110. The van der Waals surface area contributed by atoms with Crippen molar-refractivity contribution < 1.29 is 4.79 Å². The minimum absolute atomic E-state index is 0.0914. The van der Waals surface area contributed by atoms with Gasteiger partial charge in [0.1, 0.15) is 5.78 Å². The molecule has 0 aliphatic rings. The number of Topliss-reactive ketones (excluding diaryl/α,β-unsaturated/α-hetero) is 1. The molecule has 35 heavy (non-hydrogen) atoms. The number of hydrogen-bond acceptors (Lipinski definition) is 2. The Balaban J connectivity index is 1.68. The summed E-state index contributed by atoms with van der Waals surface area (Å²) in [5.74, 6) is 0.270. The number of benzene rings is 4. The standard InChI is InChI=1S/C33H33NO/c1-3-27(24-28-16-8-4-9-17-28)25-32(35)26(2)34-33(29-18-10-5-11-19-29,30-20-12-6-13-21-30)31-22-14-7-15-23-31/h3-23,26-27,34H,1,24-25H2,2H3/t26-,27?/m1/s1. The van der Waals surface area contributed by atoms with E-state index in [9.17, 15) is 4.79 Å². The second-order valence-corrected chi connectivity index (χ2v) is 9.07. The largest absolute Gasteiger partial charge is 0.298 e. The van der Waals surface area contributed by atoms with Crippen LogP contribution in [0, 0.1) is 5.92 Å². The lowest BCUT2D eigenvalue weighted by Gasteiger charge is -2.39. The van der Waals surface area contributed by atoms with Crippen molar-refractivity contribution in [3.63, 3.8) is 0 Å². The van der Waals surface area contributed by atoms with Crippen molar-refractivity contribution in [1.29, 1.82) is 0 Å². The van der Waals surface area contributed by atoms with Gasteiger partial charge in [0, 0.05) is 6.42 Å². The third-order valence-electron chi connectivity index (χ3n) is 6.67. The van der Waals surface area contributed by atoms with E-state index in [-0.39, 0.29) is 17.7 Å². The molecular weight excluding hydrogens is 426 g/mol. The van der Waals surface area contributed by atoms with Gasteiger partial charge >= 0.3 is 0 Å². The molecule has 0 aliphatic heterocycles. The molecule has 0 spiro atoms. The zero-order valence-electron chi connectivity index (χ0n) is 20.3. The molecule has 0 saturated carbocycles. The maximum Gasteiger partial charge on any atom is 0.150 e. The van der Waals surface area contributed by atoms with Gasteiger partial charge in [0.05, 0.1) is 11.6 Å². The van der Waals surface area contributed by atoms with Crippen LogP contribution >= 0.6 is 0 Å². The average molecular weight is 460 g/mol. The first-order valence-corrected chi connectivity index (χ1v) is 12.3. The summed E-state index contributed by atoms with van der Waals surface area (Å²) < 4.78 is 0. The molecule has 1 N–H and O–H groups in total. The number of ketones is 1. The molecule has 0 amide bonds. The molecule has 0 aliphatic carbocycles. The summed E-state index contributed by atoms with van der Waals surface area (Å²) in [5, 5.41) is 3.79. The van der Waals surface area contributed by atoms with Gasteiger partial charge in [-0.15, -0.1) is 6.58 Å². The SMILES string of the molecule is C=CC(CC(=O)[C@@H](C)NC(c1ccccc1)(c1ccccc1)c1ccccc1)Cc1ccccc1. The highest BCUT2D eigenvalue weighted by atomic mass is 16.1. The maximum absolute atomic E-state index is 13.6. The Morgan fingerprint density at radius 2 is 1.14 bits per heavy atom. The minimum atomic E-state index is -0.665. The second kappa shape index (κ2) is 11.6. The van der Waals surface area contributed by atoms with E-state index in [0.29, 0.717) is 6.42 Å². The Hall–Kier alpha value is -3.75. The van der Waals surface area contributed by atoms with Crippen molar-refractivity contribution >= 4 is 5.78 Å². The molecule has 0 bridgehead atoms. The Morgan fingerprint density at radius 1 is 0.743 bits per heavy atom. The molecule has 4 aromatic carbocycles. The third kappa shape index (κ3) is 5.67. The van der Waals surface area contributed by atoms with Gasteiger partial charge in [-0.25, -0.2) is 0 Å². The van der Waals surface area contributed by atoms with Crippen molar-refractivity contribution in [2.75, 3.05) is 0 Å². The van der Waals surface area contributed by atoms with Gasteiger partial charge in [0.25, 0.3) is 0 Å². The minimum Gasteiger partial charge on any atom is -0.298 e. The quantitative estimate of drug-likeness (QED) is 0.194. The van der Waals surface area contributed by atoms with Gasteiger partial charge in [0.15, 0.2) is 0 Å². The number of hydrogen-bond donors (Lipinski definition) is 1. The summed E-state index contributed by atoms with van der Waals surface area (Å²) >= 11 is 0. The maximum atomic E-state index is 13.6. The molecular formula is C33H33NO. The molecule has 2 atom stereocenters. The number of carbonyl (C=O) groups excluding carboxylic acids is 1. The van der Waals surface area contributed by atoms with Crippen LogP contribution in [0.25, 0.3) is 0 Å². The van der Waals surface area contributed by atoms with E-state index in [1.807, 2.05) is 49.4 Å². The van der Waals surface area contributed by atoms with Crippen LogP contribution < -0.4 is 5.32 Å². The summed E-state index contributed by atoms with van der Waals surface area (Å²) in [7, 11) is 0. The topological polar surface area (TPSA) is 29.1 Å². The lowest BCUT2D eigenvalue weighted by molar-refractivity contribution is -0.121. The van der Waals surface area contributed by atoms with E-state index < -0.39 is 5.54 Å². The van der Waals surface area contributed by atoms with Gasteiger partial charge in [-0.05, 0) is 41.5 Å². The van der Waals surface area contributed by atoms with E-state index in [1.165, 1.54) is 5.56 Å². The molecule has 0 aromatic heterocycles. The smallest absolute Gasteiger partial charge is 0.150 e. The summed E-state index contributed by atoms with van der Waals surface area (Å²) in [6, 6.07) is 41.1. The molecule has 4 aromatic rings. The normalized spacial score (nSPS) is 13.1. The van der Waals surface area contributed by atoms with E-state index in [2.05, 4.69) is 96.8 Å². The summed E-state index contributed by atoms with van der Waals surface area (Å²) in [6.07, 6.45) is 3.17. The van der Waals surface area contributed by atoms with Crippen LogP contribution in [-0.2, 0) is 16.8 Å². The predicted molar refractivity (Wildman–Crippen MR) is 145 cm³/mol. The second-order valence-electron chi connectivity index (χ2n) is 9.07. The van der Waals surface area contributed by atoms with Crippen LogP contribution in [0.2, 0.25) is 0 Å². The monoisotopic (exact) mass is 459 g/mol. The van der Waals surface area contributed by atoms with Crippen molar-refractivity contribution in [2.24, 2.45) is 5.92 Å². The zero-order chi connectivity index (χ0) is 24.5. The zero-order valence-corrected chi connectivity index (χ0v) is 20.3. The van der Waals surface area contributed by atoms with Crippen LogP contribution in [-0.4, -0.2) is 11.8 Å². The van der Waals surface area contributed by atoms with Crippen molar-refractivity contribution in [1.82, 2.24) is 5.32 Å². The molecule has 0 heterocycles. The fourth-order valence-electron chi connectivity index (χ4n) is 4.81. The lowest BCUT2D eigenvalue weighted by Crippen LogP contribution is -2.51. The third-order valence-corrected chi connectivity index (χ3v) is 6.67. The lowest BCUT2D eigenvalue weighted by atomic mass is 9.76. The fourth-order valence-corrected chi connectivity index (χ4v) is 4.81. The van der Waals surface area contributed by atoms with Crippen LogP contribution in [0.5, 0.6) is 0 Å². The van der Waals surface area contributed by atoms with E-state index in [0.717, 1.165) is 23.1 Å². The van der Waals surface area contributed by atoms with Crippen molar-refractivity contribution in [3.05, 3.63) is 156 Å². The number of rotatable bonds is 11. The first kappa shape index (κ1) is 24.4. The van der Waals surface area contributed by atoms with Crippen molar-refractivity contribution in [3.8, 4) is 0 Å². The highest BCUT2D eigenvalue weighted by Gasteiger charge is 2.38. The van der Waals surface area contributed by atoms with Gasteiger partial charge < -0.3 is 0 Å². The van der Waals surface area contributed by atoms with E-state index in [4.69, 9.17) is 0 Å². The molecule has 176 valence electrons. The van der Waals surface area contributed by atoms with Gasteiger partial charge in [0.2, 0.25) is 0 Å². The molecule has 2 heteroatoms. The molecule has 0 radical (unpaired) electrons. The molecule has 1 unspecified atom stereocenters. The molecule has 0 saturated heterocycles. The molecule has 0 fully saturated rings. The fraction of sp³-hybridized carbons (Fsp3) is 0.182.